The van der Waals surface area contributed by atoms with Crippen molar-refractivity contribution >= 4 is 0 Å². The number of hydrogen-bond acceptors (Lipinski definition) is 0. The summed E-state index contributed by atoms with van der Waals surface area (Å²) in [5.74, 6) is 1.03. The van der Waals surface area contributed by atoms with Crippen molar-refractivity contribution in [2.45, 2.75) is 97.8 Å². The maximum Gasteiger partial charge on any atom is -0.0354 e. The third-order valence-electron chi connectivity index (χ3n) is 4.76. The van der Waals surface area contributed by atoms with Crippen LogP contribution in [0.3, 0.4) is 0 Å². The van der Waals surface area contributed by atoms with E-state index in [2.05, 4.69) is 20.8 Å². The maximum atomic E-state index is 2.47. The minimum absolute atomic E-state index is 0.609. The molecule has 17 heavy (non-hydrogen) atoms. The van der Waals surface area contributed by atoms with Gasteiger partial charge in [0.25, 0.3) is 0 Å². The highest BCUT2D eigenvalue weighted by atomic mass is 14.2. The zero-order valence-electron chi connectivity index (χ0n) is 12.6. The van der Waals surface area contributed by atoms with Gasteiger partial charge in [0.15, 0.2) is 0 Å². The first kappa shape index (κ1) is 15.1. The van der Waals surface area contributed by atoms with Crippen LogP contribution in [-0.2, 0) is 0 Å². The first-order valence-electron chi connectivity index (χ1n) is 8.14. The van der Waals surface area contributed by atoms with Crippen LogP contribution >= 0.6 is 0 Å². The highest BCUT2D eigenvalue weighted by Gasteiger charge is 2.17. The molecule has 0 saturated heterocycles. The fourth-order valence-corrected chi connectivity index (χ4v) is 3.28. The summed E-state index contributed by atoms with van der Waals surface area (Å²) in [5.41, 5.74) is 0.609. The molecule has 0 amide bonds. The monoisotopic (exact) mass is 238 g/mol. The molecule has 0 radical (unpaired) electrons. The molecule has 0 aromatic heterocycles. The van der Waals surface area contributed by atoms with Crippen LogP contribution < -0.4 is 0 Å². The Bertz CT molecular complexity index is 180. The van der Waals surface area contributed by atoms with E-state index in [1.807, 2.05) is 0 Å². The van der Waals surface area contributed by atoms with Crippen molar-refractivity contribution < 1.29 is 0 Å². The van der Waals surface area contributed by atoms with Crippen LogP contribution in [0.1, 0.15) is 97.8 Å². The van der Waals surface area contributed by atoms with E-state index in [0.29, 0.717) is 5.41 Å². The fourth-order valence-electron chi connectivity index (χ4n) is 3.28. The molecule has 1 rings (SSSR count). The van der Waals surface area contributed by atoms with Crippen molar-refractivity contribution in [2.75, 3.05) is 0 Å². The Morgan fingerprint density at radius 2 is 1.24 bits per heavy atom. The normalized spacial score (nSPS) is 28.8. The molecule has 102 valence electrons. The van der Waals surface area contributed by atoms with E-state index in [0.717, 1.165) is 5.92 Å². The second-order valence-corrected chi connectivity index (χ2v) is 6.99. The molecule has 1 unspecified atom stereocenters. The minimum Gasteiger partial charge on any atom is -0.0651 e. The van der Waals surface area contributed by atoms with Crippen LogP contribution in [0.2, 0.25) is 0 Å². The first-order valence-corrected chi connectivity index (χ1v) is 8.14. The maximum absolute atomic E-state index is 2.47. The highest BCUT2D eigenvalue weighted by Crippen LogP contribution is 2.31. The molecule has 0 heterocycles. The fraction of sp³-hybridized carbons (Fsp3) is 1.00. The lowest BCUT2D eigenvalue weighted by molar-refractivity contribution is 0.283. The molecular formula is C17H34. The zero-order valence-corrected chi connectivity index (χ0v) is 12.6. The van der Waals surface area contributed by atoms with Crippen LogP contribution in [0, 0.1) is 11.3 Å². The summed E-state index contributed by atoms with van der Waals surface area (Å²) in [6.07, 6.45) is 17.6. The third kappa shape index (κ3) is 7.11. The molecule has 0 heteroatoms. The Balaban J connectivity index is 2.34. The molecule has 0 aliphatic heterocycles. The Hall–Kier alpha value is 0. The van der Waals surface area contributed by atoms with E-state index >= 15 is 0 Å². The Morgan fingerprint density at radius 3 is 1.76 bits per heavy atom. The molecule has 0 spiro atoms. The summed E-state index contributed by atoms with van der Waals surface area (Å²) in [4.78, 5) is 0. The summed E-state index contributed by atoms with van der Waals surface area (Å²) in [6, 6.07) is 0. The summed E-state index contributed by atoms with van der Waals surface area (Å²) >= 11 is 0. The Morgan fingerprint density at radius 1 is 0.765 bits per heavy atom. The van der Waals surface area contributed by atoms with Crippen molar-refractivity contribution in [3.05, 3.63) is 0 Å². The summed E-state index contributed by atoms with van der Waals surface area (Å²) < 4.78 is 0. The van der Waals surface area contributed by atoms with E-state index in [1.54, 1.807) is 0 Å². The molecule has 0 bridgehead atoms. The molecule has 0 aromatic rings. The van der Waals surface area contributed by atoms with Gasteiger partial charge in [0.1, 0.15) is 0 Å². The lowest BCUT2D eigenvalue weighted by Gasteiger charge is -2.24. The largest absolute Gasteiger partial charge is 0.0651 e. The van der Waals surface area contributed by atoms with Gasteiger partial charge in [0.2, 0.25) is 0 Å². The smallest absolute Gasteiger partial charge is 0.0354 e. The van der Waals surface area contributed by atoms with Crippen LogP contribution in [-0.4, -0.2) is 0 Å². The molecule has 1 aliphatic rings. The van der Waals surface area contributed by atoms with Gasteiger partial charge in [-0.1, -0.05) is 85.0 Å². The number of hydrogen-bond donors (Lipinski definition) is 0. The average Bonchev–Trinajstić information content (AvgIpc) is 2.30. The summed E-state index contributed by atoms with van der Waals surface area (Å²) in [7, 11) is 0. The highest BCUT2D eigenvalue weighted by molar-refractivity contribution is 4.70. The standard InChI is InChI=1S/C17H34/c1-4-16-12-8-5-6-10-14-17(2,3)15-11-7-9-13-16/h16H,4-15H2,1-3H3. The molecule has 0 nitrogen and oxygen atoms in total. The third-order valence-corrected chi connectivity index (χ3v) is 4.76. The van der Waals surface area contributed by atoms with Gasteiger partial charge in [-0.25, -0.2) is 0 Å². The van der Waals surface area contributed by atoms with E-state index < -0.39 is 0 Å². The Kier molecular flexibility index (Phi) is 7.23. The van der Waals surface area contributed by atoms with Crippen LogP contribution in [0.5, 0.6) is 0 Å². The van der Waals surface area contributed by atoms with Crippen molar-refractivity contribution in [3.63, 3.8) is 0 Å². The van der Waals surface area contributed by atoms with Crippen molar-refractivity contribution in [2.24, 2.45) is 11.3 Å². The van der Waals surface area contributed by atoms with Crippen LogP contribution in [0.15, 0.2) is 0 Å². The van der Waals surface area contributed by atoms with Gasteiger partial charge in [-0.3, -0.25) is 0 Å². The quantitative estimate of drug-likeness (QED) is 0.500. The van der Waals surface area contributed by atoms with E-state index in [-0.39, 0.29) is 0 Å². The molecule has 1 fully saturated rings. The number of rotatable bonds is 1. The lowest BCUT2D eigenvalue weighted by atomic mass is 9.82. The Labute approximate surface area is 110 Å². The molecule has 1 saturated carbocycles. The van der Waals surface area contributed by atoms with Gasteiger partial charge in [-0.05, 0) is 24.2 Å². The van der Waals surface area contributed by atoms with E-state index in [1.165, 1.54) is 77.0 Å². The summed E-state index contributed by atoms with van der Waals surface area (Å²) in [5, 5.41) is 0. The SMILES string of the molecule is CCC1CCCCCCC(C)(C)CCCCC1. The topological polar surface area (TPSA) is 0 Å². The van der Waals surface area contributed by atoms with E-state index in [4.69, 9.17) is 0 Å². The molecule has 0 aromatic carbocycles. The van der Waals surface area contributed by atoms with Gasteiger partial charge in [0, 0.05) is 0 Å². The van der Waals surface area contributed by atoms with Gasteiger partial charge in [-0.15, -0.1) is 0 Å². The van der Waals surface area contributed by atoms with Crippen molar-refractivity contribution in [1.29, 1.82) is 0 Å². The van der Waals surface area contributed by atoms with E-state index in [9.17, 15) is 0 Å². The lowest BCUT2D eigenvalue weighted by Crippen LogP contribution is -2.10. The molecule has 1 atom stereocenters. The molecule has 1 aliphatic carbocycles. The molecular weight excluding hydrogens is 204 g/mol. The summed E-state index contributed by atoms with van der Waals surface area (Å²) in [6.45, 7) is 7.33. The van der Waals surface area contributed by atoms with Crippen LogP contribution in [0.25, 0.3) is 0 Å². The van der Waals surface area contributed by atoms with Gasteiger partial charge >= 0.3 is 0 Å². The zero-order chi connectivity index (χ0) is 12.6. The van der Waals surface area contributed by atoms with Crippen molar-refractivity contribution in [3.8, 4) is 0 Å². The first-order chi connectivity index (χ1) is 8.14. The minimum atomic E-state index is 0.609. The predicted molar refractivity (Wildman–Crippen MR) is 78.3 cm³/mol. The second-order valence-electron chi connectivity index (χ2n) is 6.99. The van der Waals surface area contributed by atoms with Gasteiger partial charge < -0.3 is 0 Å². The predicted octanol–water partition coefficient (Wildman–Crippen LogP) is 6.34. The molecule has 0 N–H and O–H groups in total. The van der Waals surface area contributed by atoms with Crippen molar-refractivity contribution in [1.82, 2.24) is 0 Å². The van der Waals surface area contributed by atoms with Gasteiger partial charge in [0.05, 0.1) is 0 Å². The second kappa shape index (κ2) is 8.16. The van der Waals surface area contributed by atoms with Gasteiger partial charge in [-0.2, -0.15) is 0 Å². The van der Waals surface area contributed by atoms with Crippen LogP contribution in [0.4, 0.5) is 0 Å². The average molecular weight is 238 g/mol.